The van der Waals surface area contributed by atoms with Crippen LogP contribution in [-0.2, 0) is 0 Å². The highest BCUT2D eigenvalue weighted by Gasteiger charge is 2.24. The van der Waals surface area contributed by atoms with Gasteiger partial charge in [0, 0.05) is 12.4 Å². The molecule has 0 fully saturated rings. The quantitative estimate of drug-likeness (QED) is 0.388. The number of nitrogens with zero attached hydrogens (tertiary/aromatic N) is 2. The van der Waals surface area contributed by atoms with Gasteiger partial charge in [-0.1, -0.05) is 57.6 Å². The number of alkyl halides is 1. The first-order valence-corrected chi connectivity index (χ1v) is 10.3. The van der Waals surface area contributed by atoms with Gasteiger partial charge in [0.1, 0.15) is 5.82 Å². The standard InChI is InChI=1S/C20H28F2N2S/c1-2-3-4-5-6-7-8-15-25-19(17-9-11-18(21)12-10-17)20(22)24-14-13-23-16-24/h9-14,16,19-20H,2-8,15H2,1H3. The lowest BCUT2D eigenvalue weighted by molar-refractivity contribution is 0.235. The van der Waals surface area contributed by atoms with Gasteiger partial charge in [-0.25, -0.2) is 13.8 Å². The largest absolute Gasteiger partial charge is 0.305 e. The number of hydrogen-bond donors (Lipinski definition) is 0. The molecule has 2 aromatic rings. The Labute approximate surface area is 154 Å². The summed E-state index contributed by atoms with van der Waals surface area (Å²) in [5, 5.41) is -0.352. The average Bonchev–Trinajstić information content (AvgIpc) is 3.16. The Morgan fingerprint density at radius 3 is 2.36 bits per heavy atom. The Hall–Kier alpha value is -1.36. The van der Waals surface area contributed by atoms with Crippen molar-refractivity contribution in [3.05, 3.63) is 54.4 Å². The number of halogens is 2. The third-order valence-electron chi connectivity index (χ3n) is 4.30. The fraction of sp³-hybridized carbons (Fsp3) is 0.550. The first-order chi connectivity index (χ1) is 12.2. The SMILES string of the molecule is CCCCCCCCCSC(c1ccc(F)cc1)C(F)n1ccnc1. The van der Waals surface area contributed by atoms with Gasteiger partial charge in [-0.05, 0) is 29.9 Å². The fourth-order valence-corrected chi connectivity index (χ4v) is 4.10. The Kier molecular flexibility index (Phi) is 9.02. The summed E-state index contributed by atoms with van der Waals surface area (Å²) in [4.78, 5) is 3.93. The van der Waals surface area contributed by atoms with Crippen LogP contribution < -0.4 is 0 Å². The van der Waals surface area contributed by atoms with Gasteiger partial charge in [-0.3, -0.25) is 0 Å². The van der Waals surface area contributed by atoms with Crippen molar-refractivity contribution in [1.29, 1.82) is 0 Å². The Morgan fingerprint density at radius 2 is 1.72 bits per heavy atom. The van der Waals surface area contributed by atoms with E-state index in [0.717, 1.165) is 17.7 Å². The van der Waals surface area contributed by atoms with E-state index < -0.39 is 6.30 Å². The second-order valence-corrected chi connectivity index (χ2v) is 7.60. The highest BCUT2D eigenvalue weighted by atomic mass is 32.2. The van der Waals surface area contributed by atoms with Crippen LogP contribution in [0.15, 0.2) is 43.0 Å². The molecule has 1 aromatic carbocycles. The third kappa shape index (κ3) is 6.81. The molecule has 0 saturated heterocycles. The van der Waals surface area contributed by atoms with Gasteiger partial charge in [-0.2, -0.15) is 0 Å². The van der Waals surface area contributed by atoms with E-state index in [0.29, 0.717) is 0 Å². The molecule has 0 aliphatic carbocycles. The van der Waals surface area contributed by atoms with E-state index in [2.05, 4.69) is 11.9 Å². The van der Waals surface area contributed by atoms with Gasteiger partial charge < -0.3 is 4.57 Å². The van der Waals surface area contributed by atoms with Gasteiger partial charge in [0.2, 0.25) is 0 Å². The number of hydrogen-bond acceptors (Lipinski definition) is 2. The maximum absolute atomic E-state index is 14.9. The summed E-state index contributed by atoms with van der Waals surface area (Å²) in [5.74, 6) is 0.614. The molecule has 138 valence electrons. The van der Waals surface area contributed by atoms with Crippen LogP contribution in [0.4, 0.5) is 8.78 Å². The molecule has 2 atom stereocenters. The maximum atomic E-state index is 14.9. The van der Waals surface area contributed by atoms with Gasteiger partial charge in [0.05, 0.1) is 11.6 Å². The smallest absolute Gasteiger partial charge is 0.193 e. The normalized spacial score (nSPS) is 13.7. The molecular formula is C20H28F2N2S. The summed E-state index contributed by atoms with van der Waals surface area (Å²) in [6.45, 7) is 2.22. The molecule has 25 heavy (non-hydrogen) atoms. The second kappa shape index (κ2) is 11.3. The molecule has 1 aromatic heterocycles. The van der Waals surface area contributed by atoms with Crippen molar-refractivity contribution in [1.82, 2.24) is 9.55 Å². The average molecular weight is 367 g/mol. The van der Waals surface area contributed by atoms with Crippen LogP contribution in [0.25, 0.3) is 0 Å². The van der Waals surface area contributed by atoms with Crippen LogP contribution in [0, 0.1) is 5.82 Å². The van der Waals surface area contributed by atoms with E-state index in [-0.39, 0.29) is 11.1 Å². The van der Waals surface area contributed by atoms with E-state index in [1.54, 1.807) is 36.3 Å². The Balaban J connectivity index is 1.86. The molecule has 2 nitrogen and oxygen atoms in total. The van der Waals surface area contributed by atoms with E-state index in [1.807, 2.05) is 0 Å². The van der Waals surface area contributed by atoms with E-state index >= 15 is 0 Å². The number of benzene rings is 1. The van der Waals surface area contributed by atoms with Gasteiger partial charge >= 0.3 is 0 Å². The monoisotopic (exact) mass is 366 g/mol. The number of aromatic nitrogens is 2. The lowest BCUT2D eigenvalue weighted by Gasteiger charge is -2.22. The zero-order chi connectivity index (χ0) is 17.9. The van der Waals surface area contributed by atoms with Crippen LogP contribution in [0.1, 0.15) is 69.0 Å². The minimum absolute atomic E-state index is 0.294. The minimum Gasteiger partial charge on any atom is -0.305 e. The molecule has 0 N–H and O–H groups in total. The third-order valence-corrected chi connectivity index (χ3v) is 5.68. The van der Waals surface area contributed by atoms with Crippen LogP contribution >= 0.6 is 11.8 Å². The molecular weight excluding hydrogens is 338 g/mol. The Morgan fingerprint density at radius 1 is 1.04 bits per heavy atom. The summed E-state index contributed by atoms with van der Waals surface area (Å²) in [6.07, 6.45) is 12.2. The summed E-state index contributed by atoms with van der Waals surface area (Å²) in [6, 6.07) is 6.16. The molecule has 2 rings (SSSR count). The zero-order valence-corrected chi connectivity index (χ0v) is 15.7. The molecule has 0 amide bonds. The molecule has 0 bridgehead atoms. The predicted molar refractivity (Wildman–Crippen MR) is 102 cm³/mol. The highest BCUT2D eigenvalue weighted by Crippen LogP contribution is 2.40. The van der Waals surface area contributed by atoms with E-state index in [1.165, 1.54) is 61.6 Å². The minimum atomic E-state index is -1.21. The summed E-state index contributed by atoms with van der Waals surface area (Å²) in [7, 11) is 0. The van der Waals surface area contributed by atoms with Crippen molar-refractivity contribution in [2.75, 3.05) is 5.75 Å². The topological polar surface area (TPSA) is 17.8 Å². The molecule has 0 saturated carbocycles. The molecule has 0 aliphatic rings. The molecule has 1 heterocycles. The van der Waals surface area contributed by atoms with Crippen LogP contribution in [-0.4, -0.2) is 15.3 Å². The first kappa shape index (κ1) is 20.0. The van der Waals surface area contributed by atoms with Crippen LogP contribution in [0.2, 0.25) is 0 Å². The van der Waals surface area contributed by atoms with Crippen LogP contribution in [0.5, 0.6) is 0 Å². The van der Waals surface area contributed by atoms with Gasteiger partial charge in [0.25, 0.3) is 0 Å². The summed E-state index contributed by atoms with van der Waals surface area (Å²) < 4.78 is 29.6. The zero-order valence-electron chi connectivity index (χ0n) is 14.9. The maximum Gasteiger partial charge on any atom is 0.193 e. The van der Waals surface area contributed by atoms with Gasteiger partial charge in [-0.15, -0.1) is 11.8 Å². The van der Waals surface area contributed by atoms with Crippen molar-refractivity contribution >= 4 is 11.8 Å². The lowest BCUT2D eigenvalue weighted by Crippen LogP contribution is -2.11. The highest BCUT2D eigenvalue weighted by molar-refractivity contribution is 7.99. The van der Waals surface area contributed by atoms with Crippen molar-refractivity contribution in [3.8, 4) is 0 Å². The number of thioether (sulfide) groups is 1. The number of rotatable bonds is 12. The molecule has 0 radical (unpaired) electrons. The predicted octanol–water partition coefficient (Wildman–Crippen LogP) is 6.72. The van der Waals surface area contributed by atoms with E-state index in [9.17, 15) is 8.78 Å². The fourth-order valence-electron chi connectivity index (χ4n) is 2.83. The summed E-state index contributed by atoms with van der Waals surface area (Å²) in [5.41, 5.74) is 0.815. The Bertz CT molecular complexity index is 572. The lowest BCUT2D eigenvalue weighted by atomic mass is 10.1. The van der Waals surface area contributed by atoms with Crippen LogP contribution in [0.3, 0.4) is 0 Å². The van der Waals surface area contributed by atoms with E-state index in [4.69, 9.17) is 0 Å². The van der Waals surface area contributed by atoms with Crippen molar-refractivity contribution in [2.45, 2.75) is 63.4 Å². The van der Waals surface area contributed by atoms with Crippen molar-refractivity contribution < 1.29 is 8.78 Å². The first-order valence-electron chi connectivity index (χ1n) is 9.21. The van der Waals surface area contributed by atoms with Crippen molar-refractivity contribution in [3.63, 3.8) is 0 Å². The van der Waals surface area contributed by atoms with Gasteiger partial charge in [0.15, 0.2) is 6.30 Å². The number of imidazole rings is 1. The van der Waals surface area contributed by atoms with Crippen molar-refractivity contribution in [2.24, 2.45) is 0 Å². The summed E-state index contributed by atoms with van der Waals surface area (Å²) >= 11 is 1.61. The molecule has 0 spiro atoms. The number of unbranched alkanes of at least 4 members (excludes halogenated alkanes) is 6. The molecule has 5 heteroatoms. The second-order valence-electron chi connectivity index (χ2n) is 6.35. The molecule has 0 aliphatic heterocycles. The molecule has 2 unspecified atom stereocenters.